The molecule has 0 radical (unpaired) electrons. The van der Waals surface area contributed by atoms with Crippen LogP contribution in [0.1, 0.15) is 0 Å². The van der Waals surface area contributed by atoms with Gasteiger partial charge in [0.05, 0.1) is 37.3 Å². The first-order valence-electron chi connectivity index (χ1n) is 7.05. The van der Waals surface area contributed by atoms with Crippen molar-refractivity contribution < 1.29 is 13.4 Å². The number of hydrogen-bond donors (Lipinski definition) is 0. The monoisotopic (exact) mass is 338 g/mol. The summed E-state index contributed by atoms with van der Waals surface area (Å²) in [5, 5.41) is 0.531. The third-order valence-corrected chi connectivity index (χ3v) is 5.89. The number of sulfonamides is 1. The van der Waals surface area contributed by atoms with Crippen molar-refractivity contribution in [2.24, 2.45) is 0 Å². The van der Waals surface area contributed by atoms with Gasteiger partial charge in [0, 0.05) is 11.1 Å². The van der Waals surface area contributed by atoms with Crippen LogP contribution in [-0.2, 0) is 10.0 Å². The summed E-state index contributed by atoms with van der Waals surface area (Å²) in [6.45, 7) is 2.25. The molecule has 1 aromatic carbocycles. The number of rotatable bonds is 3. The third-order valence-electron chi connectivity index (χ3n) is 3.72. The number of piperazine rings is 1. The number of halogens is 1. The Balaban J connectivity index is 1.72. The van der Waals surface area contributed by atoms with Crippen LogP contribution in [0.2, 0.25) is 5.02 Å². The zero-order chi connectivity index (χ0) is 15.6. The lowest BCUT2D eigenvalue weighted by atomic mass is 10.3. The van der Waals surface area contributed by atoms with Gasteiger partial charge >= 0.3 is 0 Å². The van der Waals surface area contributed by atoms with Crippen LogP contribution in [0, 0.1) is 0 Å². The Labute approximate surface area is 135 Å². The van der Waals surface area contributed by atoms with E-state index < -0.39 is 10.0 Å². The first kappa shape index (κ1) is 15.3. The van der Waals surface area contributed by atoms with Gasteiger partial charge in [0.2, 0.25) is 10.0 Å². The highest BCUT2D eigenvalue weighted by atomic mass is 35.5. The molecule has 0 aliphatic carbocycles. The van der Waals surface area contributed by atoms with E-state index in [0.29, 0.717) is 31.2 Å². The Hall–Kier alpha value is -1.63. The molecule has 1 saturated heterocycles. The van der Waals surface area contributed by atoms with E-state index in [1.54, 1.807) is 24.3 Å². The van der Waals surface area contributed by atoms with Gasteiger partial charge in [-0.15, -0.1) is 0 Å². The number of H-pyrrole nitrogens is 1. The van der Waals surface area contributed by atoms with Crippen LogP contribution < -0.4 is 9.88 Å². The van der Waals surface area contributed by atoms with Gasteiger partial charge in [0.25, 0.3) is 5.82 Å². The summed E-state index contributed by atoms with van der Waals surface area (Å²) in [6, 6.07) is 12.2. The highest BCUT2D eigenvalue weighted by Gasteiger charge is 2.31. The predicted octanol–water partition coefficient (Wildman–Crippen LogP) is 1.67. The maximum absolute atomic E-state index is 12.6. The van der Waals surface area contributed by atoms with Crippen LogP contribution >= 0.6 is 11.6 Å². The number of anilines is 1. The van der Waals surface area contributed by atoms with Gasteiger partial charge in [-0.05, 0) is 30.3 Å². The summed E-state index contributed by atoms with van der Waals surface area (Å²) in [6.07, 6.45) is 1.87. The van der Waals surface area contributed by atoms with Gasteiger partial charge in [-0.2, -0.15) is 4.31 Å². The Kier molecular flexibility index (Phi) is 4.33. The highest BCUT2D eigenvalue weighted by Crippen LogP contribution is 2.20. The average Bonchev–Trinajstić information content (AvgIpc) is 2.56. The van der Waals surface area contributed by atoms with E-state index >= 15 is 0 Å². The Bertz CT molecular complexity index is 727. The van der Waals surface area contributed by atoms with Crippen molar-refractivity contribution in [1.29, 1.82) is 0 Å². The summed E-state index contributed by atoms with van der Waals surface area (Å²) < 4.78 is 26.7. The molecule has 0 spiro atoms. The van der Waals surface area contributed by atoms with E-state index in [0.717, 1.165) is 5.82 Å². The summed E-state index contributed by atoms with van der Waals surface area (Å²) in [4.78, 5) is 5.61. The summed E-state index contributed by atoms with van der Waals surface area (Å²) in [7, 11) is -3.45. The lowest BCUT2D eigenvalue weighted by Gasteiger charge is -2.30. The second-order valence-electron chi connectivity index (χ2n) is 5.09. The van der Waals surface area contributed by atoms with E-state index in [4.69, 9.17) is 11.6 Å². The molecule has 116 valence electrons. The van der Waals surface area contributed by atoms with E-state index in [2.05, 4.69) is 9.88 Å². The van der Waals surface area contributed by atoms with Crippen molar-refractivity contribution >= 4 is 27.4 Å². The minimum absolute atomic E-state index is 0.289. The Morgan fingerprint density at radius 1 is 0.955 bits per heavy atom. The summed E-state index contributed by atoms with van der Waals surface area (Å²) in [5.41, 5.74) is 0. The van der Waals surface area contributed by atoms with Gasteiger partial charge in [0.15, 0.2) is 0 Å². The first-order chi connectivity index (χ1) is 10.6. The SMILES string of the molecule is O=S(=O)(c1ccc(Cl)cc1)N1CCN(c2cccc[nH+]2)CC1. The fraction of sp³-hybridized carbons (Fsp3) is 0.267. The molecule has 1 fully saturated rings. The molecule has 1 N–H and O–H groups in total. The predicted molar refractivity (Wildman–Crippen MR) is 85.4 cm³/mol. The second kappa shape index (κ2) is 6.24. The quantitative estimate of drug-likeness (QED) is 0.855. The molecule has 1 aliphatic heterocycles. The van der Waals surface area contributed by atoms with Crippen LogP contribution in [0.3, 0.4) is 0 Å². The molecule has 1 aliphatic rings. The fourth-order valence-electron chi connectivity index (χ4n) is 2.51. The fourth-order valence-corrected chi connectivity index (χ4v) is 4.05. The lowest BCUT2D eigenvalue weighted by Crippen LogP contribution is -2.49. The topological polar surface area (TPSA) is 54.8 Å². The molecule has 22 heavy (non-hydrogen) atoms. The number of nitrogens with one attached hydrogen (secondary N) is 1. The zero-order valence-electron chi connectivity index (χ0n) is 11.9. The first-order valence-corrected chi connectivity index (χ1v) is 8.86. The van der Waals surface area contributed by atoms with Crippen molar-refractivity contribution in [3.8, 4) is 0 Å². The Morgan fingerprint density at radius 3 is 2.23 bits per heavy atom. The second-order valence-corrected chi connectivity index (χ2v) is 7.47. The van der Waals surface area contributed by atoms with Crippen LogP contribution in [0.15, 0.2) is 53.6 Å². The molecule has 2 heterocycles. The Morgan fingerprint density at radius 2 is 1.64 bits per heavy atom. The number of nitrogens with zero attached hydrogens (tertiary/aromatic N) is 2. The standard InChI is InChI=1S/C15H16ClN3O2S/c16-13-4-6-14(7-5-13)22(20,21)19-11-9-18(10-12-19)15-3-1-2-8-17-15/h1-8H,9-12H2/p+1. The molecule has 0 amide bonds. The highest BCUT2D eigenvalue weighted by molar-refractivity contribution is 7.89. The van der Waals surface area contributed by atoms with Crippen LogP contribution in [0.25, 0.3) is 0 Å². The van der Waals surface area contributed by atoms with Gasteiger partial charge < -0.3 is 0 Å². The maximum Gasteiger partial charge on any atom is 0.274 e. The molecule has 0 saturated carbocycles. The smallest absolute Gasteiger partial charge is 0.259 e. The van der Waals surface area contributed by atoms with Gasteiger partial charge in [-0.3, -0.25) is 4.90 Å². The third kappa shape index (κ3) is 3.09. The van der Waals surface area contributed by atoms with Crippen molar-refractivity contribution in [1.82, 2.24) is 4.31 Å². The molecular weight excluding hydrogens is 322 g/mol. The molecule has 3 rings (SSSR count). The normalized spacial score (nSPS) is 16.7. The van der Waals surface area contributed by atoms with E-state index in [-0.39, 0.29) is 4.90 Å². The minimum atomic E-state index is -3.45. The maximum atomic E-state index is 12.6. The minimum Gasteiger partial charge on any atom is -0.259 e. The number of aromatic amines is 1. The van der Waals surface area contributed by atoms with Gasteiger partial charge in [-0.25, -0.2) is 13.4 Å². The zero-order valence-corrected chi connectivity index (χ0v) is 13.5. The van der Waals surface area contributed by atoms with Crippen molar-refractivity contribution in [2.75, 3.05) is 31.1 Å². The molecule has 2 aromatic rings. The molecule has 0 bridgehead atoms. The molecule has 7 heteroatoms. The average molecular weight is 339 g/mol. The molecular formula is C15H17ClN3O2S+. The lowest BCUT2D eigenvalue weighted by molar-refractivity contribution is -0.364. The molecule has 1 aromatic heterocycles. The van der Waals surface area contributed by atoms with Gasteiger partial charge in [0.1, 0.15) is 0 Å². The van der Waals surface area contributed by atoms with E-state index in [1.165, 1.54) is 4.31 Å². The molecule has 0 unspecified atom stereocenters. The van der Waals surface area contributed by atoms with E-state index in [9.17, 15) is 8.42 Å². The molecule has 0 atom stereocenters. The molecule has 5 nitrogen and oxygen atoms in total. The van der Waals surface area contributed by atoms with Crippen molar-refractivity contribution in [3.05, 3.63) is 53.7 Å². The van der Waals surface area contributed by atoms with Crippen LogP contribution in [0.5, 0.6) is 0 Å². The van der Waals surface area contributed by atoms with Crippen LogP contribution in [0.4, 0.5) is 5.82 Å². The van der Waals surface area contributed by atoms with Gasteiger partial charge in [-0.1, -0.05) is 17.7 Å². The number of pyridine rings is 1. The van der Waals surface area contributed by atoms with Crippen molar-refractivity contribution in [3.63, 3.8) is 0 Å². The number of aromatic nitrogens is 1. The summed E-state index contributed by atoms with van der Waals surface area (Å²) in [5.74, 6) is 1.01. The number of benzene rings is 1. The van der Waals surface area contributed by atoms with Crippen LogP contribution in [-0.4, -0.2) is 38.9 Å². The van der Waals surface area contributed by atoms with E-state index in [1.807, 2.05) is 24.4 Å². The number of hydrogen-bond acceptors (Lipinski definition) is 3. The van der Waals surface area contributed by atoms with Crippen molar-refractivity contribution in [2.45, 2.75) is 4.90 Å². The largest absolute Gasteiger partial charge is 0.274 e. The summed E-state index contributed by atoms with van der Waals surface area (Å²) >= 11 is 5.82.